The first-order chi connectivity index (χ1) is 10.3. The van der Waals surface area contributed by atoms with Crippen LogP contribution in [0.25, 0.3) is 10.4 Å². The van der Waals surface area contributed by atoms with Gasteiger partial charge in [0.05, 0.1) is 4.88 Å². The highest BCUT2D eigenvalue weighted by Crippen LogP contribution is 2.28. The van der Waals surface area contributed by atoms with Crippen molar-refractivity contribution in [2.75, 3.05) is 5.73 Å². The molecular weight excluding hydrogens is 276 g/mol. The van der Waals surface area contributed by atoms with Gasteiger partial charge in [-0.25, -0.2) is 4.98 Å². The van der Waals surface area contributed by atoms with Gasteiger partial charge in [-0.05, 0) is 24.0 Å². The summed E-state index contributed by atoms with van der Waals surface area (Å²) >= 11 is 1.56. The maximum Gasteiger partial charge on any atom is 0.180 e. The molecule has 2 aromatic rings. The molecule has 3 heteroatoms. The molecule has 1 aromatic heterocycles. The van der Waals surface area contributed by atoms with Crippen LogP contribution < -0.4 is 5.73 Å². The minimum absolute atomic E-state index is 0.641. The van der Waals surface area contributed by atoms with Gasteiger partial charge in [0, 0.05) is 6.20 Å². The second-order valence-corrected chi connectivity index (χ2v) is 6.70. The molecule has 0 saturated heterocycles. The number of nitrogen functional groups attached to an aromatic ring is 1. The van der Waals surface area contributed by atoms with E-state index in [1.807, 2.05) is 6.20 Å². The lowest BCUT2D eigenvalue weighted by atomic mass is 10.0. The van der Waals surface area contributed by atoms with Crippen molar-refractivity contribution in [3.05, 3.63) is 36.0 Å². The van der Waals surface area contributed by atoms with Crippen LogP contribution in [0.2, 0.25) is 0 Å². The Morgan fingerprint density at radius 3 is 2.52 bits per heavy atom. The predicted octanol–water partition coefficient (Wildman–Crippen LogP) is 5.69. The van der Waals surface area contributed by atoms with E-state index in [-0.39, 0.29) is 0 Å². The summed E-state index contributed by atoms with van der Waals surface area (Å²) in [5.74, 6) is 0. The van der Waals surface area contributed by atoms with Gasteiger partial charge in [0.25, 0.3) is 0 Å². The number of nitrogens with two attached hydrogens (primary N) is 1. The van der Waals surface area contributed by atoms with Crippen molar-refractivity contribution in [1.29, 1.82) is 0 Å². The predicted molar refractivity (Wildman–Crippen MR) is 93.7 cm³/mol. The third-order valence-corrected chi connectivity index (χ3v) is 4.68. The molecule has 0 unspecified atom stereocenters. The third-order valence-electron chi connectivity index (χ3n) is 3.80. The highest BCUT2D eigenvalue weighted by Gasteiger charge is 2.03. The summed E-state index contributed by atoms with van der Waals surface area (Å²) in [6, 6.07) is 8.79. The van der Waals surface area contributed by atoms with Crippen LogP contribution >= 0.6 is 11.3 Å². The van der Waals surface area contributed by atoms with Gasteiger partial charge in [-0.1, -0.05) is 81.1 Å². The molecule has 0 spiro atoms. The molecule has 0 radical (unpaired) electrons. The lowest BCUT2D eigenvalue weighted by Gasteiger charge is -2.04. The van der Waals surface area contributed by atoms with Crippen LogP contribution in [0, 0.1) is 0 Å². The van der Waals surface area contributed by atoms with E-state index in [9.17, 15) is 0 Å². The van der Waals surface area contributed by atoms with E-state index in [0.29, 0.717) is 5.13 Å². The fraction of sp³-hybridized carbons (Fsp3) is 0.500. The highest BCUT2D eigenvalue weighted by atomic mass is 32.1. The van der Waals surface area contributed by atoms with Gasteiger partial charge in [0.2, 0.25) is 0 Å². The van der Waals surface area contributed by atoms with Crippen molar-refractivity contribution in [2.45, 2.75) is 58.3 Å². The lowest BCUT2D eigenvalue weighted by Crippen LogP contribution is -1.87. The first-order valence-corrected chi connectivity index (χ1v) is 8.92. The minimum Gasteiger partial charge on any atom is -0.375 e. The Labute approximate surface area is 132 Å². The third kappa shape index (κ3) is 5.50. The van der Waals surface area contributed by atoms with Crippen molar-refractivity contribution in [3.63, 3.8) is 0 Å². The number of hydrogen-bond donors (Lipinski definition) is 1. The van der Waals surface area contributed by atoms with E-state index in [1.165, 1.54) is 62.5 Å². The molecule has 114 valence electrons. The van der Waals surface area contributed by atoms with Crippen LogP contribution in [0.5, 0.6) is 0 Å². The molecule has 0 aliphatic carbocycles. The fourth-order valence-electron chi connectivity index (χ4n) is 2.59. The fourth-order valence-corrected chi connectivity index (χ4v) is 3.27. The van der Waals surface area contributed by atoms with Crippen LogP contribution in [-0.2, 0) is 6.42 Å². The van der Waals surface area contributed by atoms with Gasteiger partial charge in [-0.15, -0.1) is 0 Å². The molecule has 0 aliphatic rings. The van der Waals surface area contributed by atoms with E-state index in [1.54, 1.807) is 11.3 Å². The topological polar surface area (TPSA) is 38.9 Å². The molecule has 2 N–H and O–H groups in total. The largest absolute Gasteiger partial charge is 0.375 e. The Balaban J connectivity index is 1.76. The van der Waals surface area contributed by atoms with Crippen LogP contribution in [0.3, 0.4) is 0 Å². The monoisotopic (exact) mass is 302 g/mol. The summed E-state index contributed by atoms with van der Waals surface area (Å²) in [6.45, 7) is 2.27. The van der Waals surface area contributed by atoms with Gasteiger partial charge < -0.3 is 5.73 Å². The molecule has 0 aliphatic heterocycles. The Kier molecular flexibility index (Phi) is 6.74. The number of rotatable bonds is 9. The van der Waals surface area contributed by atoms with Crippen LogP contribution in [0.15, 0.2) is 30.5 Å². The van der Waals surface area contributed by atoms with Gasteiger partial charge in [0.1, 0.15) is 0 Å². The van der Waals surface area contributed by atoms with Gasteiger partial charge >= 0.3 is 0 Å². The van der Waals surface area contributed by atoms with Gasteiger partial charge in [-0.3, -0.25) is 0 Å². The SMILES string of the molecule is CCCCCCCCCc1cccc(-c2cnc(N)s2)c1. The molecule has 0 amide bonds. The second-order valence-electron chi connectivity index (χ2n) is 5.63. The highest BCUT2D eigenvalue weighted by molar-refractivity contribution is 7.18. The van der Waals surface area contributed by atoms with Gasteiger partial charge in [-0.2, -0.15) is 0 Å². The van der Waals surface area contributed by atoms with Crippen molar-refractivity contribution in [2.24, 2.45) is 0 Å². The van der Waals surface area contributed by atoms with Crippen LogP contribution in [0.4, 0.5) is 5.13 Å². The first kappa shape index (κ1) is 16.0. The normalized spacial score (nSPS) is 10.9. The van der Waals surface area contributed by atoms with E-state index in [4.69, 9.17) is 5.73 Å². The molecule has 1 heterocycles. The van der Waals surface area contributed by atoms with Crippen molar-refractivity contribution < 1.29 is 0 Å². The van der Waals surface area contributed by atoms with E-state index >= 15 is 0 Å². The van der Waals surface area contributed by atoms with E-state index < -0.39 is 0 Å². The van der Waals surface area contributed by atoms with Crippen LogP contribution in [-0.4, -0.2) is 4.98 Å². The van der Waals surface area contributed by atoms with Crippen molar-refractivity contribution in [3.8, 4) is 10.4 Å². The Bertz CT molecular complexity index is 534. The average molecular weight is 302 g/mol. The van der Waals surface area contributed by atoms with Crippen molar-refractivity contribution in [1.82, 2.24) is 4.98 Å². The Hall–Kier alpha value is -1.35. The number of aryl methyl sites for hydroxylation is 1. The smallest absolute Gasteiger partial charge is 0.180 e. The second kappa shape index (κ2) is 8.83. The minimum atomic E-state index is 0.641. The summed E-state index contributed by atoms with van der Waals surface area (Å²) in [7, 11) is 0. The Morgan fingerprint density at radius 2 is 1.81 bits per heavy atom. The Morgan fingerprint density at radius 1 is 1.05 bits per heavy atom. The molecule has 2 nitrogen and oxygen atoms in total. The summed E-state index contributed by atoms with van der Waals surface area (Å²) in [5.41, 5.74) is 8.37. The number of nitrogens with zero attached hydrogens (tertiary/aromatic N) is 1. The summed E-state index contributed by atoms with van der Waals surface area (Å²) < 4.78 is 0. The summed E-state index contributed by atoms with van der Waals surface area (Å²) in [5, 5.41) is 0.641. The van der Waals surface area contributed by atoms with Crippen molar-refractivity contribution >= 4 is 16.5 Å². The molecular formula is C18H26N2S. The summed E-state index contributed by atoms with van der Waals surface area (Å²) in [6.07, 6.45) is 12.6. The number of hydrogen-bond acceptors (Lipinski definition) is 3. The standard InChI is InChI=1S/C18H26N2S/c1-2-3-4-5-6-7-8-10-15-11-9-12-16(13-15)17-14-20-18(19)21-17/h9,11-14H,2-8,10H2,1H3,(H2,19,20). The number of benzene rings is 1. The number of anilines is 1. The summed E-state index contributed by atoms with van der Waals surface area (Å²) in [4.78, 5) is 5.29. The number of thiazole rings is 1. The zero-order valence-electron chi connectivity index (χ0n) is 13.0. The zero-order chi connectivity index (χ0) is 14.9. The van der Waals surface area contributed by atoms with E-state index in [2.05, 4.69) is 36.2 Å². The molecule has 0 saturated carbocycles. The van der Waals surface area contributed by atoms with E-state index in [0.717, 1.165) is 4.88 Å². The lowest BCUT2D eigenvalue weighted by molar-refractivity contribution is 0.589. The molecule has 2 rings (SSSR count). The maximum atomic E-state index is 5.71. The van der Waals surface area contributed by atoms with Crippen LogP contribution in [0.1, 0.15) is 57.4 Å². The zero-order valence-corrected chi connectivity index (χ0v) is 13.8. The maximum absolute atomic E-state index is 5.71. The molecule has 0 fully saturated rings. The first-order valence-electron chi connectivity index (χ1n) is 8.10. The number of unbranched alkanes of at least 4 members (excludes halogenated alkanes) is 6. The average Bonchev–Trinajstić information content (AvgIpc) is 2.93. The molecule has 0 bridgehead atoms. The molecule has 1 aromatic carbocycles. The quantitative estimate of drug-likeness (QED) is 0.605. The van der Waals surface area contributed by atoms with Gasteiger partial charge in [0.15, 0.2) is 5.13 Å². The number of aromatic nitrogens is 1. The molecule has 21 heavy (non-hydrogen) atoms. The molecule has 0 atom stereocenters.